The molecule has 1 heterocycles. The minimum absolute atomic E-state index is 0.170. The molecule has 1 fully saturated rings. The largest absolute Gasteiger partial charge is 0.457 e. The van der Waals surface area contributed by atoms with Crippen LogP contribution >= 0.6 is 0 Å². The average molecular weight is 192 g/mol. The van der Waals surface area contributed by atoms with Crippen LogP contribution in [0.15, 0.2) is 0 Å². The van der Waals surface area contributed by atoms with Gasteiger partial charge >= 0.3 is 5.97 Å². The van der Waals surface area contributed by atoms with Gasteiger partial charge in [-0.3, -0.25) is 4.79 Å². The minimum Gasteiger partial charge on any atom is -0.457 e. The Morgan fingerprint density at radius 2 is 2.08 bits per heavy atom. The van der Waals surface area contributed by atoms with Crippen molar-refractivity contribution < 1.29 is 29.6 Å². The molecule has 0 amide bonds. The van der Waals surface area contributed by atoms with Crippen LogP contribution in [0.2, 0.25) is 0 Å². The fourth-order valence-electron chi connectivity index (χ4n) is 1.12. The standard InChI is InChI=1S/C7H12O6/c1-3(8)13-6-4(9)2-12-7(11)5(6)10/h4-7,9-11H,2H2,1H3/t4-,5+,6+,7+/m1/s1. The molecule has 0 aromatic carbocycles. The van der Waals surface area contributed by atoms with Gasteiger partial charge in [-0.1, -0.05) is 0 Å². The topological polar surface area (TPSA) is 96.2 Å². The summed E-state index contributed by atoms with van der Waals surface area (Å²) in [5.74, 6) is -0.628. The highest BCUT2D eigenvalue weighted by atomic mass is 16.6. The van der Waals surface area contributed by atoms with Crippen molar-refractivity contribution in [2.45, 2.75) is 31.5 Å². The molecule has 6 heteroatoms. The smallest absolute Gasteiger partial charge is 0.303 e. The second kappa shape index (κ2) is 4.01. The van der Waals surface area contributed by atoms with Crippen molar-refractivity contribution in [3.05, 3.63) is 0 Å². The molecule has 3 N–H and O–H groups in total. The van der Waals surface area contributed by atoms with E-state index in [2.05, 4.69) is 9.47 Å². The molecular formula is C7H12O6. The predicted molar refractivity (Wildman–Crippen MR) is 39.5 cm³/mol. The van der Waals surface area contributed by atoms with Crippen LogP contribution in [0, 0.1) is 0 Å². The number of aliphatic hydroxyl groups excluding tert-OH is 3. The molecular weight excluding hydrogens is 180 g/mol. The molecule has 76 valence electrons. The highest BCUT2D eigenvalue weighted by Crippen LogP contribution is 2.16. The highest BCUT2D eigenvalue weighted by molar-refractivity contribution is 5.66. The maximum absolute atomic E-state index is 10.5. The van der Waals surface area contributed by atoms with Gasteiger partial charge in [0.25, 0.3) is 0 Å². The number of rotatable bonds is 1. The summed E-state index contributed by atoms with van der Waals surface area (Å²) >= 11 is 0. The predicted octanol–water partition coefficient (Wildman–Crippen LogP) is -2.01. The van der Waals surface area contributed by atoms with E-state index in [1.807, 2.05) is 0 Å². The first kappa shape index (κ1) is 10.4. The number of ether oxygens (including phenoxy) is 2. The lowest BCUT2D eigenvalue weighted by Gasteiger charge is -2.34. The third-order valence-electron chi connectivity index (χ3n) is 1.75. The Labute approximate surface area is 74.7 Å². The minimum atomic E-state index is -1.42. The summed E-state index contributed by atoms with van der Waals surface area (Å²) in [4.78, 5) is 10.5. The highest BCUT2D eigenvalue weighted by Gasteiger charge is 2.40. The molecule has 0 bridgehead atoms. The molecule has 0 aliphatic carbocycles. The number of carbonyl (C=O) groups is 1. The average Bonchev–Trinajstić information content (AvgIpc) is 2.05. The molecule has 1 aliphatic heterocycles. The quantitative estimate of drug-likeness (QED) is 0.415. The van der Waals surface area contributed by atoms with Gasteiger partial charge in [0.15, 0.2) is 12.4 Å². The molecule has 0 aromatic rings. The van der Waals surface area contributed by atoms with E-state index in [9.17, 15) is 15.0 Å². The van der Waals surface area contributed by atoms with E-state index in [0.717, 1.165) is 6.92 Å². The summed E-state index contributed by atoms with van der Waals surface area (Å²) in [6, 6.07) is 0. The molecule has 6 nitrogen and oxygen atoms in total. The Bertz CT molecular complexity index is 193. The molecule has 0 unspecified atom stereocenters. The summed E-state index contributed by atoms with van der Waals surface area (Å²) in [5, 5.41) is 27.5. The van der Waals surface area contributed by atoms with Crippen molar-refractivity contribution in [3.8, 4) is 0 Å². The van der Waals surface area contributed by atoms with E-state index < -0.39 is 30.6 Å². The van der Waals surface area contributed by atoms with Crippen LogP contribution in [0.5, 0.6) is 0 Å². The Hall–Kier alpha value is -0.690. The lowest BCUT2D eigenvalue weighted by Crippen LogP contribution is -2.54. The maximum atomic E-state index is 10.5. The van der Waals surface area contributed by atoms with Crippen LogP contribution in [0.1, 0.15) is 6.92 Å². The second-order valence-electron chi connectivity index (χ2n) is 2.86. The van der Waals surface area contributed by atoms with Gasteiger partial charge < -0.3 is 24.8 Å². The third kappa shape index (κ3) is 2.38. The van der Waals surface area contributed by atoms with Crippen molar-refractivity contribution in [2.24, 2.45) is 0 Å². The lowest BCUT2D eigenvalue weighted by atomic mass is 10.1. The molecule has 0 aromatic heterocycles. The van der Waals surface area contributed by atoms with Crippen molar-refractivity contribution in [1.82, 2.24) is 0 Å². The van der Waals surface area contributed by atoms with E-state index in [0.29, 0.717) is 0 Å². The lowest BCUT2D eigenvalue weighted by molar-refractivity contribution is -0.257. The zero-order chi connectivity index (χ0) is 10.0. The van der Waals surface area contributed by atoms with E-state index in [-0.39, 0.29) is 6.61 Å². The van der Waals surface area contributed by atoms with E-state index in [4.69, 9.17) is 5.11 Å². The maximum Gasteiger partial charge on any atom is 0.303 e. The van der Waals surface area contributed by atoms with Gasteiger partial charge in [-0.15, -0.1) is 0 Å². The van der Waals surface area contributed by atoms with Gasteiger partial charge in [-0.25, -0.2) is 0 Å². The van der Waals surface area contributed by atoms with E-state index in [1.165, 1.54) is 0 Å². The van der Waals surface area contributed by atoms with Crippen LogP contribution < -0.4 is 0 Å². The van der Waals surface area contributed by atoms with Crippen molar-refractivity contribution in [1.29, 1.82) is 0 Å². The number of carbonyl (C=O) groups excluding carboxylic acids is 1. The summed E-state index contributed by atoms with van der Waals surface area (Å²) in [6.45, 7) is 0.984. The van der Waals surface area contributed by atoms with Gasteiger partial charge in [0.2, 0.25) is 0 Å². The summed E-state index contributed by atoms with van der Waals surface area (Å²) in [7, 11) is 0. The Morgan fingerprint density at radius 1 is 1.46 bits per heavy atom. The number of esters is 1. The summed E-state index contributed by atoms with van der Waals surface area (Å²) < 4.78 is 9.19. The molecule has 1 aliphatic rings. The Morgan fingerprint density at radius 3 is 2.62 bits per heavy atom. The van der Waals surface area contributed by atoms with E-state index in [1.54, 1.807) is 0 Å². The number of hydrogen-bond donors (Lipinski definition) is 3. The molecule has 4 atom stereocenters. The molecule has 0 radical (unpaired) electrons. The first-order valence-corrected chi connectivity index (χ1v) is 3.85. The molecule has 0 spiro atoms. The van der Waals surface area contributed by atoms with Gasteiger partial charge in [0.05, 0.1) is 6.61 Å². The Balaban J connectivity index is 2.60. The van der Waals surface area contributed by atoms with Crippen LogP contribution in [-0.4, -0.2) is 52.5 Å². The first-order valence-electron chi connectivity index (χ1n) is 3.85. The fraction of sp³-hybridized carbons (Fsp3) is 0.857. The second-order valence-corrected chi connectivity index (χ2v) is 2.86. The SMILES string of the molecule is CC(=O)O[C@@H]1[C@H](O)[C@@H](O)OC[C@H]1O. The van der Waals surface area contributed by atoms with Crippen LogP contribution in [-0.2, 0) is 14.3 Å². The zero-order valence-electron chi connectivity index (χ0n) is 7.08. The number of aliphatic hydroxyl groups is 3. The third-order valence-corrected chi connectivity index (χ3v) is 1.75. The molecule has 1 rings (SSSR count). The fourth-order valence-corrected chi connectivity index (χ4v) is 1.12. The normalized spacial score (nSPS) is 40.0. The summed E-state index contributed by atoms with van der Waals surface area (Å²) in [6.07, 6.45) is -5.07. The van der Waals surface area contributed by atoms with Gasteiger partial charge in [0.1, 0.15) is 12.2 Å². The van der Waals surface area contributed by atoms with Crippen molar-refractivity contribution in [2.75, 3.05) is 6.61 Å². The molecule has 1 saturated heterocycles. The van der Waals surface area contributed by atoms with Gasteiger partial charge in [-0.05, 0) is 0 Å². The Kier molecular flexibility index (Phi) is 3.21. The molecule has 0 saturated carbocycles. The van der Waals surface area contributed by atoms with Crippen LogP contribution in [0.3, 0.4) is 0 Å². The zero-order valence-corrected chi connectivity index (χ0v) is 7.08. The molecule has 13 heavy (non-hydrogen) atoms. The van der Waals surface area contributed by atoms with Crippen molar-refractivity contribution in [3.63, 3.8) is 0 Å². The van der Waals surface area contributed by atoms with Gasteiger partial charge in [0, 0.05) is 6.92 Å². The monoisotopic (exact) mass is 192 g/mol. The van der Waals surface area contributed by atoms with Crippen molar-refractivity contribution >= 4 is 5.97 Å². The first-order chi connectivity index (χ1) is 6.02. The van der Waals surface area contributed by atoms with Gasteiger partial charge in [-0.2, -0.15) is 0 Å². The van der Waals surface area contributed by atoms with E-state index >= 15 is 0 Å². The van der Waals surface area contributed by atoms with Crippen LogP contribution in [0.4, 0.5) is 0 Å². The summed E-state index contributed by atoms with van der Waals surface area (Å²) in [5.41, 5.74) is 0. The van der Waals surface area contributed by atoms with Crippen LogP contribution in [0.25, 0.3) is 0 Å². The number of hydrogen-bond acceptors (Lipinski definition) is 6.